The molecular formula is C30H32ClF4N3O4S. The molecule has 0 radical (unpaired) electrons. The molecule has 43 heavy (non-hydrogen) atoms. The van der Waals surface area contributed by atoms with Gasteiger partial charge in [-0.15, -0.1) is 0 Å². The van der Waals surface area contributed by atoms with E-state index in [0.717, 1.165) is 17.2 Å². The number of carbonyl (C=O) groups excluding carboxylic acids is 2. The molecule has 0 spiro atoms. The van der Waals surface area contributed by atoms with Gasteiger partial charge in [-0.3, -0.25) is 13.9 Å². The van der Waals surface area contributed by atoms with Gasteiger partial charge in [0.15, 0.2) is 0 Å². The Bertz CT molecular complexity index is 1520. The van der Waals surface area contributed by atoms with Crippen LogP contribution in [0.5, 0.6) is 0 Å². The van der Waals surface area contributed by atoms with Crippen molar-refractivity contribution in [3.8, 4) is 0 Å². The summed E-state index contributed by atoms with van der Waals surface area (Å²) in [5, 5.41) is 2.53. The Morgan fingerprint density at radius 1 is 0.977 bits per heavy atom. The monoisotopic (exact) mass is 641 g/mol. The predicted molar refractivity (Wildman–Crippen MR) is 157 cm³/mol. The first-order chi connectivity index (χ1) is 20.1. The molecule has 232 valence electrons. The van der Waals surface area contributed by atoms with Crippen molar-refractivity contribution in [1.82, 2.24) is 10.2 Å². The van der Waals surface area contributed by atoms with E-state index in [1.165, 1.54) is 24.3 Å². The minimum atomic E-state index is -4.81. The zero-order valence-electron chi connectivity index (χ0n) is 23.7. The normalized spacial score (nSPS) is 13.2. The molecule has 2 atom stereocenters. The van der Waals surface area contributed by atoms with Crippen molar-refractivity contribution in [2.45, 2.75) is 51.5 Å². The maximum absolute atomic E-state index is 14.0. The van der Waals surface area contributed by atoms with Crippen molar-refractivity contribution < 1.29 is 35.6 Å². The summed E-state index contributed by atoms with van der Waals surface area (Å²) in [4.78, 5) is 28.8. The van der Waals surface area contributed by atoms with Crippen LogP contribution < -0.4 is 9.62 Å². The molecule has 0 saturated carbocycles. The Labute approximate surface area is 253 Å². The van der Waals surface area contributed by atoms with E-state index in [-0.39, 0.29) is 24.0 Å². The van der Waals surface area contributed by atoms with Crippen LogP contribution in [0.1, 0.15) is 37.0 Å². The maximum atomic E-state index is 14.0. The van der Waals surface area contributed by atoms with Gasteiger partial charge in [0.2, 0.25) is 21.8 Å². The third-order valence-electron chi connectivity index (χ3n) is 6.76. The summed E-state index contributed by atoms with van der Waals surface area (Å²) in [6.07, 6.45) is -3.45. The summed E-state index contributed by atoms with van der Waals surface area (Å²) in [6, 6.07) is 14.7. The van der Waals surface area contributed by atoms with Crippen LogP contribution in [0.15, 0.2) is 72.8 Å². The first kappa shape index (κ1) is 33.9. The van der Waals surface area contributed by atoms with Crippen LogP contribution in [0.25, 0.3) is 0 Å². The van der Waals surface area contributed by atoms with Crippen LogP contribution in [0, 0.1) is 5.82 Å². The molecule has 0 aliphatic carbocycles. The Kier molecular flexibility index (Phi) is 11.2. The summed E-state index contributed by atoms with van der Waals surface area (Å²) in [5.74, 6) is -1.93. The van der Waals surface area contributed by atoms with Crippen LogP contribution in [-0.4, -0.2) is 50.0 Å². The number of hydrogen-bond acceptors (Lipinski definition) is 4. The number of benzene rings is 3. The molecule has 0 aliphatic heterocycles. The fourth-order valence-electron chi connectivity index (χ4n) is 4.26. The summed E-state index contributed by atoms with van der Waals surface area (Å²) in [7, 11) is -4.35. The highest BCUT2D eigenvalue weighted by molar-refractivity contribution is 7.92. The van der Waals surface area contributed by atoms with E-state index in [4.69, 9.17) is 11.6 Å². The highest BCUT2D eigenvalue weighted by Crippen LogP contribution is 2.36. The van der Waals surface area contributed by atoms with Crippen molar-refractivity contribution in [1.29, 1.82) is 0 Å². The first-order valence-electron chi connectivity index (χ1n) is 13.3. The van der Waals surface area contributed by atoms with Gasteiger partial charge in [0.05, 0.1) is 22.5 Å². The van der Waals surface area contributed by atoms with E-state index in [2.05, 4.69) is 5.32 Å². The summed E-state index contributed by atoms with van der Waals surface area (Å²) < 4.78 is 80.4. The van der Waals surface area contributed by atoms with Gasteiger partial charge in [0.25, 0.3) is 0 Å². The zero-order chi connectivity index (χ0) is 31.9. The first-order valence-corrected chi connectivity index (χ1v) is 15.6. The SMILES string of the molecule is CC[C@@H](C)NC(=O)[C@@H](Cc1ccccc1)N(Cc1ccc(F)cc1)C(=O)CN(c1cc(C(F)(F)F)ccc1Cl)S(C)(=O)=O. The molecule has 2 amide bonds. The van der Waals surface area contributed by atoms with E-state index >= 15 is 0 Å². The third kappa shape index (κ3) is 9.42. The number of halogens is 5. The molecule has 0 bridgehead atoms. The van der Waals surface area contributed by atoms with Crippen molar-refractivity contribution in [2.75, 3.05) is 17.1 Å². The number of anilines is 1. The van der Waals surface area contributed by atoms with E-state index in [9.17, 15) is 35.6 Å². The average Bonchev–Trinajstić information content (AvgIpc) is 2.94. The van der Waals surface area contributed by atoms with Crippen LogP contribution in [-0.2, 0) is 38.8 Å². The second-order valence-corrected chi connectivity index (χ2v) is 12.4. The molecular weight excluding hydrogens is 610 g/mol. The number of nitrogens with one attached hydrogen (secondary N) is 1. The molecule has 0 aromatic heterocycles. The molecule has 3 rings (SSSR count). The average molecular weight is 642 g/mol. The molecule has 3 aromatic carbocycles. The van der Waals surface area contributed by atoms with Gasteiger partial charge in [-0.25, -0.2) is 12.8 Å². The maximum Gasteiger partial charge on any atom is 0.416 e. The fraction of sp³-hybridized carbons (Fsp3) is 0.333. The number of rotatable bonds is 12. The lowest BCUT2D eigenvalue weighted by Gasteiger charge is -2.34. The minimum Gasteiger partial charge on any atom is -0.352 e. The van der Waals surface area contributed by atoms with Gasteiger partial charge in [-0.05, 0) is 54.8 Å². The number of nitrogens with zero attached hydrogens (tertiary/aromatic N) is 2. The smallest absolute Gasteiger partial charge is 0.352 e. The van der Waals surface area contributed by atoms with Gasteiger partial charge in [0, 0.05) is 19.0 Å². The van der Waals surface area contributed by atoms with Crippen molar-refractivity contribution in [2.24, 2.45) is 0 Å². The second kappa shape index (κ2) is 14.2. The van der Waals surface area contributed by atoms with Gasteiger partial charge in [-0.2, -0.15) is 13.2 Å². The molecule has 0 heterocycles. The molecule has 7 nitrogen and oxygen atoms in total. The lowest BCUT2D eigenvalue weighted by Crippen LogP contribution is -2.54. The largest absolute Gasteiger partial charge is 0.416 e. The van der Waals surface area contributed by atoms with E-state index < -0.39 is 57.7 Å². The highest BCUT2D eigenvalue weighted by atomic mass is 35.5. The number of sulfonamides is 1. The quantitative estimate of drug-likeness (QED) is 0.253. The van der Waals surface area contributed by atoms with Crippen molar-refractivity contribution >= 4 is 39.1 Å². The Balaban J connectivity index is 2.11. The topological polar surface area (TPSA) is 86.8 Å². The van der Waals surface area contributed by atoms with E-state index in [1.54, 1.807) is 37.3 Å². The summed E-state index contributed by atoms with van der Waals surface area (Å²) in [5.41, 5.74) is -0.569. The molecule has 13 heteroatoms. The van der Waals surface area contributed by atoms with Crippen LogP contribution in [0.3, 0.4) is 0 Å². The zero-order valence-corrected chi connectivity index (χ0v) is 25.3. The van der Waals surface area contributed by atoms with Gasteiger partial charge >= 0.3 is 6.18 Å². The Morgan fingerprint density at radius 2 is 1.60 bits per heavy atom. The molecule has 0 fully saturated rings. The van der Waals surface area contributed by atoms with E-state index in [1.807, 2.05) is 6.92 Å². The molecule has 0 saturated heterocycles. The second-order valence-electron chi connectivity index (χ2n) is 10.1. The van der Waals surface area contributed by atoms with Gasteiger partial charge in [-0.1, -0.05) is 61.0 Å². The van der Waals surface area contributed by atoms with Crippen LogP contribution in [0.4, 0.5) is 23.2 Å². The standard InChI is InChI=1S/C30H32ClF4N3O4S/c1-4-20(2)36-29(40)27(16-21-8-6-5-7-9-21)37(18-22-10-13-24(32)14-11-22)28(39)19-38(43(3,41)42)26-17-23(30(33,34)35)12-15-25(26)31/h5-15,17,20,27H,4,16,18-19H2,1-3H3,(H,36,40)/t20-,27-/m1/s1. The Morgan fingerprint density at radius 3 is 2.16 bits per heavy atom. The molecule has 0 unspecified atom stereocenters. The fourth-order valence-corrected chi connectivity index (χ4v) is 5.38. The highest BCUT2D eigenvalue weighted by Gasteiger charge is 2.36. The van der Waals surface area contributed by atoms with Crippen LogP contribution in [0.2, 0.25) is 5.02 Å². The van der Waals surface area contributed by atoms with E-state index in [0.29, 0.717) is 34.0 Å². The molecule has 0 aliphatic rings. The number of alkyl halides is 3. The van der Waals surface area contributed by atoms with Gasteiger partial charge < -0.3 is 10.2 Å². The minimum absolute atomic E-state index is 0.0409. The van der Waals surface area contributed by atoms with Gasteiger partial charge in [0.1, 0.15) is 18.4 Å². The van der Waals surface area contributed by atoms with Crippen molar-refractivity contribution in [3.05, 3.63) is 100 Å². The third-order valence-corrected chi connectivity index (χ3v) is 8.21. The van der Waals surface area contributed by atoms with Crippen molar-refractivity contribution in [3.63, 3.8) is 0 Å². The van der Waals surface area contributed by atoms with Crippen LogP contribution >= 0.6 is 11.6 Å². The molecule has 3 aromatic rings. The Hall–Kier alpha value is -3.64. The summed E-state index contributed by atoms with van der Waals surface area (Å²) in [6.45, 7) is 2.47. The number of carbonyl (C=O) groups is 2. The lowest BCUT2D eigenvalue weighted by atomic mass is 10.0. The number of amides is 2. The number of hydrogen-bond donors (Lipinski definition) is 1. The lowest BCUT2D eigenvalue weighted by molar-refractivity contribution is -0.140. The molecule has 1 N–H and O–H groups in total. The summed E-state index contributed by atoms with van der Waals surface area (Å²) >= 11 is 6.15. The predicted octanol–water partition coefficient (Wildman–Crippen LogP) is 5.82.